The maximum atomic E-state index is 11.2. The number of rotatable bonds is 12. The average molecular weight is 731 g/mol. The molecule has 0 aromatic heterocycles. The first-order valence-corrected chi connectivity index (χ1v) is 14.9. The lowest BCUT2D eigenvalue weighted by Crippen LogP contribution is -2.68. The number of halogens is 4. The second-order valence-corrected chi connectivity index (χ2v) is 11.9. The van der Waals surface area contributed by atoms with Crippen LogP contribution in [0.1, 0.15) is 39.0 Å². The average Bonchev–Trinajstić information content (AvgIpc) is 2.91. The summed E-state index contributed by atoms with van der Waals surface area (Å²) in [6.45, 7) is 1.99. The molecule has 0 aromatic rings. The highest BCUT2D eigenvalue weighted by Crippen LogP contribution is 2.32. The van der Waals surface area contributed by atoms with Crippen molar-refractivity contribution in [2.45, 2.75) is 131 Å². The van der Waals surface area contributed by atoms with Crippen molar-refractivity contribution < 1.29 is 49.6 Å². The summed E-state index contributed by atoms with van der Waals surface area (Å²) >= 11 is 1.62. The van der Waals surface area contributed by atoms with Gasteiger partial charge in [-0.1, -0.05) is 26.2 Å². The normalized spacial score (nSPS) is 42.9. The predicted molar refractivity (Wildman–Crippen MR) is 171 cm³/mol. The van der Waals surface area contributed by atoms with E-state index in [-0.39, 0.29) is 62.6 Å². The van der Waals surface area contributed by atoms with Crippen LogP contribution in [0.5, 0.6) is 0 Å². The fourth-order valence-electron chi connectivity index (χ4n) is 5.22. The summed E-state index contributed by atoms with van der Waals surface area (Å²) in [6.07, 6.45) is -10.8. The first-order chi connectivity index (χ1) is 18.5. The number of unbranched alkanes of at least 4 members (excludes halogenated alkanes) is 3. The summed E-state index contributed by atoms with van der Waals surface area (Å²) in [5.41, 5.74) is 24.1. The van der Waals surface area contributed by atoms with Crippen LogP contribution in [-0.4, -0.2) is 140 Å². The minimum atomic E-state index is -1.64. The van der Waals surface area contributed by atoms with Crippen LogP contribution in [0.2, 0.25) is 0 Å². The van der Waals surface area contributed by atoms with Crippen LogP contribution >= 0.6 is 61.4 Å². The summed E-state index contributed by atoms with van der Waals surface area (Å²) < 4.78 is 23.1. The molecule has 2 heterocycles. The van der Waals surface area contributed by atoms with Gasteiger partial charge in [-0.15, -0.1) is 49.6 Å². The van der Waals surface area contributed by atoms with E-state index in [1.165, 1.54) is 0 Å². The highest BCUT2D eigenvalue weighted by Gasteiger charge is 2.51. The zero-order valence-electron chi connectivity index (χ0n) is 24.0. The Hall–Kier alpha value is 0.950. The Labute approximate surface area is 281 Å². The van der Waals surface area contributed by atoms with Gasteiger partial charge < -0.3 is 72.5 Å². The van der Waals surface area contributed by atoms with Crippen LogP contribution in [0, 0.1) is 0 Å². The molecular weight excluding hydrogens is 678 g/mol. The van der Waals surface area contributed by atoms with Crippen LogP contribution in [0.15, 0.2) is 0 Å². The maximum absolute atomic E-state index is 11.2. The van der Waals surface area contributed by atoms with E-state index in [4.69, 9.17) is 41.9 Å². The fraction of sp³-hybridized carbons (Fsp3) is 1.00. The van der Waals surface area contributed by atoms with Gasteiger partial charge >= 0.3 is 0 Å². The largest absolute Gasteiger partial charge is 0.389 e. The molecule has 1 saturated carbocycles. The number of ether oxygens (including phenoxy) is 4. The standard InChI is InChI=1S/C24H48N4O10S.4ClH/c1-2-3-4-5-6-39-9-13-15(29)14(28)17(31)23(36-13)37-21-10(26)7-11(27)22(20(21)34)38-24-19(33)18(32)16(30)12(8-25)35-24;;;;/h10-24,29-34H,2-9,25-28H2,1H3;4*1H/t10-,11+,12-,13-,14+,15-,16-,17-,18+,19-,20-,21+,22-,23-,24-;;;;/m1..../s1. The Morgan fingerprint density at radius 3 is 1.74 bits per heavy atom. The Bertz CT molecular complexity index is 752. The molecule has 43 heavy (non-hydrogen) atoms. The van der Waals surface area contributed by atoms with E-state index in [0.29, 0.717) is 5.75 Å². The molecule has 0 aromatic carbocycles. The van der Waals surface area contributed by atoms with Gasteiger partial charge in [0.2, 0.25) is 0 Å². The van der Waals surface area contributed by atoms with Crippen molar-refractivity contribution in [1.82, 2.24) is 0 Å². The van der Waals surface area contributed by atoms with Crippen LogP contribution < -0.4 is 22.9 Å². The zero-order chi connectivity index (χ0) is 28.9. The maximum Gasteiger partial charge on any atom is 0.187 e. The molecule has 3 aliphatic rings. The summed E-state index contributed by atoms with van der Waals surface area (Å²) in [7, 11) is 0. The number of hydrogen-bond donors (Lipinski definition) is 10. The SMILES string of the molecule is CCCCCCSC[C@H]1O[C@H](O[C@@H]2[C@@H](O)[C@H](O[C@H]3O[C@H](CN)[C@@H](O)[C@H](O)[C@H]3O)[C@@H](N)C[C@H]2N)[C@H](O)[C@@H](N)[C@@H]1O.Cl.Cl.Cl.Cl. The lowest BCUT2D eigenvalue weighted by atomic mass is 9.84. The first kappa shape index (κ1) is 46.1. The molecule has 2 aliphatic heterocycles. The molecule has 0 bridgehead atoms. The number of thioether (sulfide) groups is 1. The van der Waals surface area contributed by atoms with Gasteiger partial charge in [0.05, 0.1) is 18.2 Å². The Morgan fingerprint density at radius 1 is 0.674 bits per heavy atom. The smallest absolute Gasteiger partial charge is 0.187 e. The summed E-state index contributed by atoms with van der Waals surface area (Å²) in [4.78, 5) is 0. The first-order valence-electron chi connectivity index (χ1n) is 13.8. The van der Waals surface area contributed by atoms with Gasteiger partial charge in [0.1, 0.15) is 48.8 Å². The van der Waals surface area contributed by atoms with E-state index in [1.54, 1.807) is 11.8 Å². The molecule has 14 N–H and O–H groups in total. The number of aliphatic hydroxyl groups is 6. The molecule has 0 unspecified atom stereocenters. The van der Waals surface area contributed by atoms with E-state index in [1.807, 2.05) is 0 Å². The number of hydrogen-bond acceptors (Lipinski definition) is 15. The minimum absolute atomic E-state index is 0. The van der Waals surface area contributed by atoms with E-state index in [2.05, 4.69) is 6.92 Å². The third kappa shape index (κ3) is 11.6. The molecule has 2 saturated heterocycles. The molecule has 15 atom stereocenters. The zero-order valence-corrected chi connectivity index (χ0v) is 28.1. The molecule has 3 rings (SSSR count). The minimum Gasteiger partial charge on any atom is -0.389 e. The lowest BCUT2D eigenvalue weighted by molar-refractivity contribution is -0.330. The molecule has 262 valence electrons. The second-order valence-electron chi connectivity index (χ2n) is 10.7. The van der Waals surface area contributed by atoms with Gasteiger partial charge in [0.25, 0.3) is 0 Å². The highest BCUT2D eigenvalue weighted by atomic mass is 35.5. The highest BCUT2D eigenvalue weighted by molar-refractivity contribution is 7.99. The molecule has 0 radical (unpaired) electrons. The van der Waals surface area contributed by atoms with Gasteiger partial charge in [-0.25, -0.2) is 0 Å². The van der Waals surface area contributed by atoms with Crippen molar-refractivity contribution in [2.75, 3.05) is 18.1 Å². The quantitative estimate of drug-likeness (QED) is 0.0949. The molecule has 14 nitrogen and oxygen atoms in total. The molecule has 1 aliphatic carbocycles. The van der Waals surface area contributed by atoms with Gasteiger partial charge in [-0.3, -0.25) is 0 Å². The van der Waals surface area contributed by atoms with Gasteiger partial charge in [-0.05, 0) is 18.6 Å². The molecule has 0 spiro atoms. The van der Waals surface area contributed by atoms with Gasteiger partial charge in [-0.2, -0.15) is 11.8 Å². The molecule has 0 amide bonds. The van der Waals surface area contributed by atoms with Crippen LogP contribution in [-0.2, 0) is 18.9 Å². The van der Waals surface area contributed by atoms with Crippen LogP contribution in [0.4, 0.5) is 0 Å². The monoisotopic (exact) mass is 728 g/mol. The van der Waals surface area contributed by atoms with E-state index >= 15 is 0 Å². The molecule has 19 heteroatoms. The topological polar surface area (TPSA) is 262 Å². The van der Waals surface area contributed by atoms with Crippen molar-refractivity contribution >= 4 is 61.4 Å². The van der Waals surface area contributed by atoms with Crippen molar-refractivity contribution in [2.24, 2.45) is 22.9 Å². The van der Waals surface area contributed by atoms with Crippen molar-refractivity contribution in [3.8, 4) is 0 Å². The van der Waals surface area contributed by atoms with Crippen molar-refractivity contribution in [3.63, 3.8) is 0 Å². The van der Waals surface area contributed by atoms with Crippen LogP contribution in [0.3, 0.4) is 0 Å². The molecule has 3 fully saturated rings. The van der Waals surface area contributed by atoms with Gasteiger partial charge in [0, 0.05) is 24.4 Å². The summed E-state index contributed by atoms with van der Waals surface area (Å²) in [5, 5.41) is 63.0. The number of aliphatic hydroxyl groups excluding tert-OH is 6. The second kappa shape index (κ2) is 21.8. The predicted octanol–water partition coefficient (Wildman–Crippen LogP) is -2.28. The Kier molecular flexibility index (Phi) is 23.3. The molecular formula is C24H52Cl4N4O10S. The lowest BCUT2D eigenvalue weighted by Gasteiger charge is -2.48. The number of nitrogens with two attached hydrogens (primary N) is 4. The van der Waals surface area contributed by atoms with E-state index < -0.39 is 91.7 Å². The third-order valence-electron chi connectivity index (χ3n) is 7.73. The van der Waals surface area contributed by atoms with Crippen LogP contribution in [0.25, 0.3) is 0 Å². The Morgan fingerprint density at radius 2 is 1.21 bits per heavy atom. The fourth-order valence-corrected chi connectivity index (χ4v) is 6.30. The van der Waals surface area contributed by atoms with E-state index in [9.17, 15) is 30.6 Å². The van der Waals surface area contributed by atoms with E-state index in [0.717, 1.165) is 31.4 Å². The Balaban J connectivity index is 0. The van der Waals surface area contributed by atoms with Crippen molar-refractivity contribution in [1.29, 1.82) is 0 Å². The van der Waals surface area contributed by atoms with Gasteiger partial charge in [0.15, 0.2) is 12.6 Å². The van der Waals surface area contributed by atoms with Crippen molar-refractivity contribution in [3.05, 3.63) is 0 Å². The third-order valence-corrected chi connectivity index (χ3v) is 8.87. The summed E-state index contributed by atoms with van der Waals surface area (Å²) in [6, 6.07) is -2.63. The summed E-state index contributed by atoms with van der Waals surface area (Å²) in [5.74, 6) is 1.34.